The molecule has 0 saturated heterocycles. The summed E-state index contributed by atoms with van der Waals surface area (Å²) in [5, 5.41) is 21.7. The van der Waals surface area contributed by atoms with Crippen molar-refractivity contribution in [3.05, 3.63) is 76.3 Å². The Bertz CT molecular complexity index is 1080. The fraction of sp³-hybridized carbons (Fsp3) is 0.182. The van der Waals surface area contributed by atoms with Crippen molar-refractivity contribution in [3.8, 4) is 28.9 Å². The predicted molar refractivity (Wildman–Crippen MR) is 108 cm³/mol. The lowest BCUT2D eigenvalue weighted by molar-refractivity contribution is -0.0517. The first-order chi connectivity index (χ1) is 13.3. The van der Waals surface area contributed by atoms with Crippen LogP contribution in [0.15, 0.2) is 65.2 Å². The van der Waals surface area contributed by atoms with Gasteiger partial charge in [0.2, 0.25) is 11.8 Å². The first-order valence-corrected chi connectivity index (χ1v) is 9.72. The summed E-state index contributed by atoms with van der Waals surface area (Å²) in [6, 6.07) is 14.8. The molecule has 0 aliphatic carbocycles. The molecule has 1 aromatic heterocycles. The van der Waals surface area contributed by atoms with Gasteiger partial charge in [-0.25, -0.2) is 0 Å². The molecule has 5 nitrogen and oxygen atoms in total. The van der Waals surface area contributed by atoms with Crippen molar-refractivity contribution in [2.24, 2.45) is 0 Å². The van der Waals surface area contributed by atoms with Gasteiger partial charge in [0.15, 0.2) is 0 Å². The van der Waals surface area contributed by atoms with E-state index in [1.807, 2.05) is 50.3 Å². The third-order valence-corrected chi connectivity index (χ3v) is 5.93. The maximum absolute atomic E-state index is 10.9. The van der Waals surface area contributed by atoms with E-state index in [4.69, 9.17) is 9.47 Å². The second-order valence-electron chi connectivity index (χ2n) is 7.43. The number of aromatic nitrogens is 1. The monoisotopic (exact) mass is 439 g/mol. The third kappa shape index (κ3) is 2.34. The maximum Gasteiger partial charge on any atom is 0.205 e. The van der Waals surface area contributed by atoms with Gasteiger partial charge in [0.1, 0.15) is 22.7 Å². The molecule has 2 aliphatic heterocycles. The van der Waals surface area contributed by atoms with Gasteiger partial charge < -0.3 is 19.7 Å². The fourth-order valence-electron chi connectivity index (χ4n) is 4.13. The first kappa shape index (κ1) is 17.4. The molecule has 5 rings (SSSR count). The second kappa shape index (κ2) is 5.65. The van der Waals surface area contributed by atoms with E-state index in [1.54, 1.807) is 24.3 Å². The van der Waals surface area contributed by atoms with Gasteiger partial charge in [-0.05, 0) is 74.5 Å². The number of nitrogens with zero attached hydrogens (tertiary/aromatic N) is 1. The van der Waals surface area contributed by atoms with E-state index in [9.17, 15) is 10.2 Å². The van der Waals surface area contributed by atoms with Gasteiger partial charge in [0, 0.05) is 4.47 Å². The fourth-order valence-corrected chi connectivity index (χ4v) is 4.39. The van der Waals surface area contributed by atoms with Crippen LogP contribution in [0.5, 0.6) is 23.3 Å². The summed E-state index contributed by atoms with van der Waals surface area (Å²) in [6.45, 7) is 3.78. The lowest BCUT2D eigenvalue weighted by atomic mass is 9.86. The van der Waals surface area contributed by atoms with Gasteiger partial charge in [-0.2, -0.15) is 0 Å². The summed E-state index contributed by atoms with van der Waals surface area (Å²) < 4.78 is 14.3. The molecule has 3 heterocycles. The Kier molecular flexibility index (Phi) is 3.51. The predicted octanol–water partition coefficient (Wildman–Crippen LogP) is 5.47. The Labute approximate surface area is 170 Å². The average molecular weight is 440 g/mol. The van der Waals surface area contributed by atoms with Crippen LogP contribution in [0.2, 0.25) is 0 Å². The minimum atomic E-state index is -0.735. The van der Waals surface area contributed by atoms with E-state index < -0.39 is 11.2 Å². The molecule has 0 amide bonds. The maximum atomic E-state index is 10.9. The van der Waals surface area contributed by atoms with Crippen LogP contribution in [0, 0.1) is 0 Å². The Hall–Kier alpha value is -2.70. The van der Waals surface area contributed by atoms with Crippen molar-refractivity contribution in [2.75, 3.05) is 0 Å². The van der Waals surface area contributed by atoms with Crippen LogP contribution in [-0.2, 0) is 15.9 Å². The molecule has 2 bridgehead atoms. The molecule has 6 heteroatoms. The lowest BCUT2D eigenvalue weighted by Crippen LogP contribution is -2.19. The Morgan fingerprint density at radius 2 is 1.29 bits per heavy atom. The van der Waals surface area contributed by atoms with E-state index >= 15 is 0 Å². The molecule has 2 aliphatic rings. The molecule has 3 aromatic rings. The lowest BCUT2D eigenvalue weighted by Gasteiger charge is -2.21. The summed E-state index contributed by atoms with van der Waals surface area (Å²) in [6.07, 6.45) is 3.85. The first-order valence-electron chi connectivity index (χ1n) is 8.93. The summed E-state index contributed by atoms with van der Waals surface area (Å²) in [5.74, 6) is 1.37. The van der Waals surface area contributed by atoms with Crippen molar-refractivity contribution in [3.63, 3.8) is 0 Å². The molecule has 142 valence electrons. The standard InChI is InChI=1S/C22H18BrNO4/c1-21-11-12-22(2,28-21)18-17(21)19(25)24(20(18)26)14-5-9-16(10-6-14)27-15-7-3-13(23)4-8-15/h3-12,25-26H,1-2H3. The van der Waals surface area contributed by atoms with Crippen molar-refractivity contribution < 1.29 is 19.7 Å². The second-order valence-corrected chi connectivity index (χ2v) is 8.35. The van der Waals surface area contributed by atoms with Crippen molar-refractivity contribution in [1.82, 2.24) is 4.57 Å². The van der Waals surface area contributed by atoms with Crippen LogP contribution in [0.4, 0.5) is 0 Å². The van der Waals surface area contributed by atoms with E-state index in [0.29, 0.717) is 22.6 Å². The minimum Gasteiger partial charge on any atom is -0.494 e. The Morgan fingerprint density at radius 3 is 1.79 bits per heavy atom. The van der Waals surface area contributed by atoms with Gasteiger partial charge in [0.05, 0.1) is 16.8 Å². The number of hydrogen-bond donors (Lipinski definition) is 2. The van der Waals surface area contributed by atoms with E-state index in [1.165, 1.54) is 4.57 Å². The molecular weight excluding hydrogens is 422 g/mol. The largest absolute Gasteiger partial charge is 0.494 e. The highest BCUT2D eigenvalue weighted by Gasteiger charge is 2.56. The Balaban J connectivity index is 1.51. The number of aromatic hydroxyl groups is 2. The topological polar surface area (TPSA) is 63.9 Å². The molecule has 0 saturated carbocycles. The van der Waals surface area contributed by atoms with Gasteiger partial charge in [-0.3, -0.25) is 4.57 Å². The zero-order chi connectivity index (χ0) is 19.7. The molecule has 2 aromatic carbocycles. The van der Waals surface area contributed by atoms with Crippen molar-refractivity contribution >= 4 is 15.9 Å². The van der Waals surface area contributed by atoms with Crippen molar-refractivity contribution in [2.45, 2.75) is 25.0 Å². The molecule has 2 N–H and O–H groups in total. The number of fused-ring (bicyclic) bond motifs is 5. The highest BCUT2D eigenvalue weighted by molar-refractivity contribution is 9.10. The normalized spacial score (nSPS) is 24.5. The molecule has 0 fully saturated rings. The summed E-state index contributed by atoms with van der Waals surface area (Å²) in [7, 11) is 0. The van der Waals surface area contributed by atoms with E-state index in [-0.39, 0.29) is 11.8 Å². The average Bonchev–Trinajstić information content (AvgIpc) is 3.22. The van der Waals surface area contributed by atoms with Crippen LogP contribution in [0.25, 0.3) is 5.69 Å². The highest BCUT2D eigenvalue weighted by Crippen LogP contribution is 2.60. The zero-order valence-electron chi connectivity index (χ0n) is 15.3. The third-order valence-electron chi connectivity index (χ3n) is 5.40. The van der Waals surface area contributed by atoms with Crippen LogP contribution < -0.4 is 4.74 Å². The van der Waals surface area contributed by atoms with Crippen LogP contribution >= 0.6 is 15.9 Å². The number of ether oxygens (including phenoxy) is 2. The van der Waals surface area contributed by atoms with Crippen LogP contribution in [0.1, 0.15) is 25.0 Å². The van der Waals surface area contributed by atoms with Crippen molar-refractivity contribution in [1.29, 1.82) is 0 Å². The smallest absolute Gasteiger partial charge is 0.205 e. The molecule has 2 atom stereocenters. The zero-order valence-corrected chi connectivity index (χ0v) is 16.9. The summed E-state index contributed by atoms with van der Waals surface area (Å²) in [4.78, 5) is 0. The highest BCUT2D eigenvalue weighted by atomic mass is 79.9. The number of halogens is 1. The van der Waals surface area contributed by atoms with E-state index in [2.05, 4.69) is 15.9 Å². The van der Waals surface area contributed by atoms with Gasteiger partial charge in [0.25, 0.3) is 0 Å². The SMILES string of the molecule is CC12C=CC(C)(O1)c1c2c(O)n(-c2ccc(Oc3ccc(Br)cc3)cc2)c1O. The molecule has 0 spiro atoms. The number of rotatable bonds is 3. The Morgan fingerprint density at radius 1 is 0.821 bits per heavy atom. The minimum absolute atomic E-state index is 0.00958. The van der Waals surface area contributed by atoms with E-state index in [0.717, 1.165) is 10.2 Å². The molecule has 2 unspecified atom stereocenters. The molecular formula is C22H18BrNO4. The number of benzene rings is 2. The summed E-state index contributed by atoms with van der Waals surface area (Å²) in [5.41, 5.74) is 0.401. The number of hydrogen-bond acceptors (Lipinski definition) is 4. The van der Waals surface area contributed by atoms with Crippen LogP contribution in [-0.4, -0.2) is 14.8 Å². The quantitative estimate of drug-likeness (QED) is 0.530. The van der Waals surface area contributed by atoms with Gasteiger partial charge in [-0.1, -0.05) is 15.9 Å². The molecule has 0 radical (unpaired) electrons. The summed E-state index contributed by atoms with van der Waals surface area (Å²) >= 11 is 3.40. The van der Waals surface area contributed by atoms with Gasteiger partial charge in [-0.15, -0.1) is 0 Å². The van der Waals surface area contributed by atoms with Gasteiger partial charge >= 0.3 is 0 Å². The molecule has 28 heavy (non-hydrogen) atoms. The van der Waals surface area contributed by atoms with Crippen LogP contribution in [0.3, 0.4) is 0 Å².